The first-order chi connectivity index (χ1) is 47.6. The van der Waals surface area contributed by atoms with Crippen LogP contribution in [-0.2, 0) is 129 Å². The van der Waals surface area contributed by atoms with Crippen molar-refractivity contribution in [3.63, 3.8) is 0 Å². The Hall–Kier alpha value is -6.90. The molecule has 5 aromatic carbocycles. The molecule has 13 atom stereocenters. The summed E-state index contributed by atoms with van der Waals surface area (Å²) in [6.45, 7) is 16.3. The molecular weight excluding hydrogens is 1310 g/mol. The average molecular weight is 1410 g/mol. The SMILES string of the molecule is CCC(=O)O[C@H](CC)CC(=O)NC1[C@H](OCC2OC(O[Si](C)(C)C(C)(C)C)C(N=[N+]=[N-])[C@@H](OC(=O)C[C@@H](CC)OCc3ccccc3)[C@@H]2OCc2ccccc2)OC(COCc2ccccc2)[C@@H](OP2(=O)OCc3ccccc3CO2)[C@@H]1OC(=O)C[C@@H](CC)OCc1ccc(OC)cc1. The van der Waals surface area contributed by atoms with Gasteiger partial charge >= 0.3 is 25.7 Å². The molecule has 3 aliphatic rings. The number of benzene rings is 5. The highest BCUT2D eigenvalue weighted by molar-refractivity contribution is 7.48. The van der Waals surface area contributed by atoms with Crippen molar-refractivity contribution in [2.45, 2.75) is 231 Å². The molecule has 1 N–H and O–H groups in total. The van der Waals surface area contributed by atoms with Crippen LogP contribution >= 0.6 is 7.82 Å². The Balaban J connectivity index is 1.22. The summed E-state index contributed by atoms with van der Waals surface area (Å²) >= 11 is 0. The molecule has 8 rings (SSSR count). The predicted octanol–water partition coefficient (Wildman–Crippen LogP) is 13.4. The van der Waals surface area contributed by atoms with Crippen LogP contribution in [0, 0.1) is 0 Å². The minimum atomic E-state index is -4.71. The Morgan fingerprint density at radius 2 is 1.11 bits per heavy atom. The number of phosphoric ester groups is 1. The van der Waals surface area contributed by atoms with Gasteiger partial charge in [-0.25, -0.2) is 4.57 Å². The lowest BCUT2D eigenvalue weighted by atomic mass is 9.95. The summed E-state index contributed by atoms with van der Waals surface area (Å²) in [7, 11) is -6.03. The van der Waals surface area contributed by atoms with Crippen LogP contribution in [0.5, 0.6) is 5.75 Å². The Labute approximate surface area is 581 Å². The Bertz CT molecular complexity index is 3390. The number of ether oxygens (including phenoxy) is 11. The van der Waals surface area contributed by atoms with Crippen molar-refractivity contribution in [3.05, 3.63) is 183 Å². The second-order valence-corrected chi connectivity index (χ2v) is 32.5. The van der Waals surface area contributed by atoms with Gasteiger partial charge in [0, 0.05) is 11.3 Å². The number of rotatable bonds is 36. The number of nitrogens with one attached hydrogen (secondary N) is 1. The van der Waals surface area contributed by atoms with E-state index in [2.05, 4.69) is 15.3 Å². The minimum Gasteiger partial charge on any atom is -0.497 e. The summed E-state index contributed by atoms with van der Waals surface area (Å²) < 4.78 is 112. The third-order valence-electron chi connectivity index (χ3n) is 17.9. The Morgan fingerprint density at radius 1 is 0.606 bits per heavy atom. The van der Waals surface area contributed by atoms with E-state index in [1.807, 2.05) is 175 Å². The fourth-order valence-electron chi connectivity index (χ4n) is 11.0. The Morgan fingerprint density at radius 3 is 1.64 bits per heavy atom. The quantitative estimate of drug-likeness (QED) is 0.00741. The molecule has 3 heterocycles. The van der Waals surface area contributed by atoms with E-state index >= 15 is 9.36 Å². The standard InChI is InChI=1S/C73H97N4O20PSi/c1-11-55(85-42-50-28-20-16-21-29-50)40-64(81)95-70-66(76-77-74)72(97-99(9,10)73(5,6)7)93-60(67(70)87-44-51-30-22-17-23-31-51)48-88-71-65(75-61(78)38-57(13-3)91-62(79)14-4)69(94-63(80)39-56(12-2)86-43-52-34-36-58(83-8)37-35-52)68(59(92-71)47-84-41-49-26-18-15-19-27-49)96-98(82)89-45-53-32-24-25-33-54(53)46-90-98/h15-37,55-57,59-60,65-72H,11-14,38-48H2,1-10H3,(H,75,78)/t55-,56-,57-,59?,60?,65?,66?,67-,68-,69-,70-,71-,72?/m1/s1. The molecule has 0 aliphatic carbocycles. The van der Waals surface area contributed by atoms with Gasteiger partial charge in [-0.15, -0.1) is 0 Å². The van der Waals surface area contributed by atoms with E-state index in [4.69, 9.17) is 70.1 Å². The fourth-order valence-corrected chi connectivity index (χ4v) is 13.5. The number of azide groups is 1. The molecular formula is C73H97N4O20PSi. The highest BCUT2D eigenvalue weighted by Crippen LogP contribution is 2.55. The van der Waals surface area contributed by atoms with Crippen molar-refractivity contribution in [1.82, 2.24) is 5.32 Å². The van der Waals surface area contributed by atoms with Gasteiger partial charge in [0.05, 0.1) is 91.4 Å². The smallest absolute Gasteiger partial charge is 0.475 e. The van der Waals surface area contributed by atoms with Crippen molar-refractivity contribution in [1.29, 1.82) is 0 Å². The summed E-state index contributed by atoms with van der Waals surface area (Å²) in [4.78, 5) is 60.7. The molecule has 26 heteroatoms. The van der Waals surface area contributed by atoms with Gasteiger partial charge in [0.2, 0.25) is 5.91 Å². The first-order valence-corrected chi connectivity index (χ1v) is 38.3. The number of nitrogens with zero attached hydrogens (tertiary/aromatic N) is 3. The maximum atomic E-state index is 15.3. The number of esters is 3. The molecule has 538 valence electrons. The largest absolute Gasteiger partial charge is 0.497 e. The van der Waals surface area contributed by atoms with E-state index in [1.165, 1.54) is 0 Å². The van der Waals surface area contributed by atoms with Crippen molar-refractivity contribution >= 4 is 40.0 Å². The van der Waals surface area contributed by atoms with Crippen LogP contribution in [0.25, 0.3) is 10.4 Å². The molecule has 2 fully saturated rings. The van der Waals surface area contributed by atoms with Crippen LogP contribution in [0.4, 0.5) is 0 Å². The molecule has 5 aromatic rings. The number of amides is 1. The highest BCUT2D eigenvalue weighted by Gasteiger charge is 2.56. The zero-order valence-corrected chi connectivity index (χ0v) is 60.2. The number of fused-ring (bicyclic) bond motifs is 1. The molecule has 2 saturated heterocycles. The fraction of sp³-hybridized carbons (Fsp3) is 0.534. The maximum Gasteiger partial charge on any atom is 0.475 e. The second kappa shape index (κ2) is 38.2. The predicted molar refractivity (Wildman–Crippen MR) is 367 cm³/mol. The van der Waals surface area contributed by atoms with Crippen LogP contribution < -0.4 is 10.1 Å². The third kappa shape index (κ3) is 23.3. The summed E-state index contributed by atoms with van der Waals surface area (Å²) in [5, 5.41) is 6.82. The zero-order valence-electron chi connectivity index (χ0n) is 58.3. The van der Waals surface area contributed by atoms with Crippen molar-refractivity contribution < 1.29 is 93.8 Å². The molecule has 0 saturated carbocycles. The molecule has 0 radical (unpaired) electrons. The summed E-state index contributed by atoms with van der Waals surface area (Å²) in [6, 6.07) is 39.7. The average Bonchev–Trinajstić information content (AvgIpc) is 1.08. The van der Waals surface area contributed by atoms with Gasteiger partial charge in [-0.2, -0.15) is 0 Å². The van der Waals surface area contributed by atoms with Gasteiger partial charge in [-0.1, -0.05) is 181 Å². The van der Waals surface area contributed by atoms with Gasteiger partial charge in [-0.3, -0.25) is 32.7 Å². The van der Waals surface area contributed by atoms with Crippen LogP contribution in [-0.4, -0.2) is 132 Å². The van der Waals surface area contributed by atoms with Gasteiger partial charge in [0.15, 0.2) is 27.0 Å². The number of hydrogen-bond acceptors (Lipinski definition) is 21. The highest BCUT2D eigenvalue weighted by atomic mass is 31.2. The maximum absolute atomic E-state index is 15.3. The van der Waals surface area contributed by atoms with E-state index < -0.39 is 131 Å². The summed E-state index contributed by atoms with van der Waals surface area (Å²) in [5.41, 5.74) is 15.0. The first kappa shape index (κ1) is 77.8. The van der Waals surface area contributed by atoms with Crippen LogP contribution in [0.15, 0.2) is 145 Å². The van der Waals surface area contributed by atoms with Gasteiger partial charge in [-0.05, 0) is 88.4 Å². The van der Waals surface area contributed by atoms with Crippen LogP contribution in [0.2, 0.25) is 18.1 Å². The molecule has 3 aliphatic heterocycles. The van der Waals surface area contributed by atoms with E-state index in [0.717, 1.165) is 22.3 Å². The second-order valence-electron chi connectivity index (χ2n) is 26.1. The normalized spacial score (nSPS) is 23.2. The lowest BCUT2D eigenvalue weighted by Gasteiger charge is -2.49. The molecule has 0 spiro atoms. The molecule has 0 bridgehead atoms. The number of hydrogen-bond donors (Lipinski definition) is 1. The number of carbonyl (C=O) groups excluding carboxylic acids is 4. The zero-order chi connectivity index (χ0) is 71.0. The van der Waals surface area contributed by atoms with Crippen molar-refractivity contribution in [3.8, 4) is 5.75 Å². The summed E-state index contributed by atoms with van der Waals surface area (Å²) in [6.07, 6.45) is -13.8. The Kier molecular flexibility index (Phi) is 30.0. The molecule has 5 unspecified atom stereocenters. The topological polar surface area (TPSA) is 285 Å². The first-order valence-electron chi connectivity index (χ1n) is 34.0. The lowest BCUT2D eigenvalue weighted by molar-refractivity contribution is -0.301. The van der Waals surface area contributed by atoms with Crippen LogP contribution in [0.3, 0.4) is 0 Å². The number of phosphoric acid groups is 1. The van der Waals surface area contributed by atoms with E-state index in [9.17, 15) is 19.9 Å². The van der Waals surface area contributed by atoms with E-state index in [0.29, 0.717) is 29.7 Å². The van der Waals surface area contributed by atoms with Crippen LogP contribution in [0.1, 0.15) is 127 Å². The van der Waals surface area contributed by atoms with E-state index in [-0.39, 0.29) is 78.4 Å². The monoisotopic (exact) mass is 1410 g/mol. The van der Waals surface area contributed by atoms with Gasteiger partial charge in [0.25, 0.3) is 0 Å². The van der Waals surface area contributed by atoms with E-state index in [1.54, 1.807) is 33.1 Å². The number of carbonyl (C=O) groups is 4. The molecule has 24 nitrogen and oxygen atoms in total. The third-order valence-corrected chi connectivity index (χ3v) is 23.7. The summed E-state index contributed by atoms with van der Waals surface area (Å²) in [5.74, 6) is -2.10. The lowest BCUT2D eigenvalue weighted by Crippen LogP contribution is -2.67. The number of methoxy groups -OCH3 is 1. The molecule has 1 amide bonds. The van der Waals surface area contributed by atoms with Gasteiger partial charge in [0.1, 0.15) is 54.5 Å². The van der Waals surface area contributed by atoms with Crippen molar-refractivity contribution in [2.75, 3.05) is 20.3 Å². The molecule has 0 aromatic heterocycles. The minimum absolute atomic E-state index is 0.0404. The van der Waals surface area contributed by atoms with Gasteiger partial charge < -0.3 is 61.8 Å². The van der Waals surface area contributed by atoms with Crippen molar-refractivity contribution in [2.24, 2.45) is 5.11 Å². The molecule has 99 heavy (non-hydrogen) atoms.